The van der Waals surface area contributed by atoms with Crippen molar-refractivity contribution in [1.29, 1.82) is 0 Å². The fourth-order valence-corrected chi connectivity index (χ4v) is 2.70. The molecule has 106 valence electrons. The van der Waals surface area contributed by atoms with Gasteiger partial charge in [-0.2, -0.15) is 0 Å². The average molecular weight is 294 g/mol. The van der Waals surface area contributed by atoms with E-state index in [0.717, 1.165) is 23.6 Å². The molecule has 2 nitrogen and oxygen atoms in total. The van der Waals surface area contributed by atoms with Gasteiger partial charge in [-0.1, -0.05) is 17.8 Å². The molecule has 0 aliphatic heterocycles. The number of aromatic nitrogens is 1. The smallest absolute Gasteiger partial charge is 0.140 e. The third-order valence-electron chi connectivity index (χ3n) is 2.75. The van der Waals surface area contributed by atoms with Crippen LogP contribution in [0.1, 0.15) is 18.1 Å². The molecule has 0 spiro atoms. The van der Waals surface area contributed by atoms with E-state index in [1.165, 1.54) is 23.9 Å². The Balaban J connectivity index is 2.21. The standard InChI is InChI=1S/C15H16F2N2S/c1-9-5-11(6-10(2)18)8-19-15(9)20-14-4-3-12(16)7-13(14)17/h3-5,7-8,10H,6,18H2,1-2H3. The quantitative estimate of drug-likeness (QED) is 0.934. The highest BCUT2D eigenvalue weighted by Gasteiger charge is 2.09. The van der Waals surface area contributed by atoms with Gasteiger partial charge in [0.25, 0.3) is 0 Å². The van der Waals surface area contributed by atoms with Gasteiger partial charge in [-0.3, -0.25) is 0 Å². The van der Waals surface area contributed by atoms with Crippen molar-refractivity contribution in [2.75, 3.05) is 0 Å². The van der Waals surface area contributed by atoms with Gasteiger partial charge >= 0.3 is 0 Å². The minimum atomic E-state index is -0.580. The Morgan fingerprint density at radius 3 is 2.65 bits per heavy atom. The van der Waals surface area contributed by atoms with Gasteiger partial charge < -0.3 is 5.73 Å². The lowest BCUT2D eigenvalue weighted by Crippen LogP contribution is -2.17. The maximum absolute atomic E-state index is 13.6. The van der Waals surface area contributed by atoms with Crippen molar-refractivity contribution < 1.29 is 8.78 Å². The SMILES string of the molecule is Cc1cc(CC(C)N)cnc1Sc1ccc(F)cc1F. The van der Waals surface area contributed by atoms with Crippen molar-refractivity contribution in [3.8, 4) is 0 Å². The highest BCUT2D eigenvalue weighted by atomic mass is 32.2. The molecule has 2 aromatic rings. The molecule has 0 saturated carbocycles. The third kappa shape index (κ3) is 3.77. The first-order chi connectivity index (χ1) is 9.45. The summed E-state index contributed by atoms with van der Waals surface area (Å²) in [5, 5.41) is 0.712. The lowest BCUT2D eigenvalue weighted by Gasteiger charge is -2.09. The molecule has 0 aliphatic rings. The molecular formula is C15H16F2N2S. The highest BCUT2D eigenvalue weighted by Crippen LogP contribution is 2.31. The summed E-state index contributed by atoms with van der Waals surface area (Å²) < 4.78 is 26.5. The molecule has 0 aliphatic carbocycles. The molecular weight excluding hydrogens is 278 g/mol. The van der Waals surface area contributed by atoms with E-state index in [9.17, 15) is 8.78 Å². The van der Waals surface area contributed by atoms with Crippen LogP contribution in [-0.2, 0) is 6.42 Å². The van der Waals surface area contributed by atoms with Crippen LogP contribution in [0, 0.1) is 18.6 Å². The molecule has 0 bridgehead atoms. The molecule has 1 aromatic carbocycles. The van der Waals surface area contributed by atoms with Crippen molar-refractivity contribution in [1.82, 2.24) is 4.98 Å². The van der Waals surface area contributed by atoms with Crippen molar-refractivity contribution >= 4 is 11.8 Å². The van der Waals surface area contributed by atoms with Gasteiger partial charge in [0.1, 0.15) is 16.7 Å². The summed E-state index contributed by atoms with van der Waals surface area (Å²) in [6, 6.07) is 5.61. The molecule has 20 heavy (non-hydrogen) atoms. The molecule has 1 heterocycles. The molecule has 0 saturated heterocycles. The molecule has 2 rings (SSSR count). The van der Waals surface area contributed by atoms with E-state index in [-0.39, 0.29) is 6.04 Å². The number of pyridine rings is 1. The minimum Gasteiger partial charge on any atom is -0.328 e. The lowest BCUT2D eigenvalue weighted by molar-refractivity contribution is 0.565. The second-order valence-electron chi connectivity index (χ2n) is 4.82. The average Bonchev–Trinajstić information content (AvgIpc) is 2.34. The summed E-state index contributed by atoms with van der Waals surface area (Å²) >= 11 is 1.19. The topological polar surface area (TPSA) is 38.9 Å². The van der Waals surface area contributed by atoms with Crippen molar-refractivity contribution in [3.05, 3.63) is 53.2 Å². The van der Waals surface area contributed by atoms with Crippen LogP contribution in [0.2, 0.25) is 0 Å². The van der Waals surface area contributed by atoms with Crippen LogP contribution < -0.4 is 5.73 Å². The van der Waals surface area contributed by atoms with Gasteiger partial charge in [0.2, 0.25) is 0 Å². The molecule has 0 radical (unpaired) electrons. The molecule has 2 N–H and O–H groups in total. The van der Waals surface area contributed by atoms with Crippen LogP contribution in [0.5, 0.6) is 0 Å². The zero-order valence-electron chi connectivity index (χ0n) is 11.4. The third-order valence-corrected chi connectivity index (χ3v) is 3.92. The molecule has 1 unspecified atom stereocenters. The molecule has 1 atom stereocenters. The van der Waals surface area contributed by atoms with E-state index in [2.05, 4.69) is 4.98 Å². The fraction of sp³-hybridized carbons (Fsp3) is 0.267. The zero-order valence-corrected chi connectivity index (χ0v) is 12.2. The van der Waals surface area contributed by atoms with E-state index >= 15 is 0 Å². The number of halogens is 2. The van der Waals surface area contributed by atoms with E-state index in [1.807, 2.05) is 19.9 Å². The monoisotopic (exact) mass is 294 g/mol. The minimum absolute atomic E-state index is 0.0734. The van der Waals surface area contributed by atoms with E-state index < -0.39 is 11.6 Å². The first kappa shape index (κ1) is 14.9. The largest absolute Gasteiger partial charge is 0.328 e. The second kappa shape index (κ2) is 6.33. The van der Waals surface area contributed by atoms with E-state index in [0.29, 0.717) is 9.92 Å². The predicted molar refractivity (Wildman–Crippen MR) is 76.8 cm³/mol. The second-order valence-corrected chi connectivity index (χ2v) is 5.85. The van der Waals surface area contributed by atoms with Crippen LogP contribution in [0.15, 0.2) is 40.4 Å². The first-order valence-electron chi connectivity index (χ1n) is 6.29. The first-order valence-corrected chi connectivity index (χ1v) is 7.11. The molecule has 1 aromatic heterocycles. The van der Waals surface area contributed by atoms with Crippen molar-refractivity contribution in [3.63, 3.8) is 0 Å². The molecule has 5 heteroatoms. The van der Waals surface area contributed by atoms with Gasteiger partial charge in [-0.05, 0) is 43.5 Å². The summed E-state index contributed by atoms with van der Waals surface area (Å²) in [5.41, 5.74) is 7.76. The van der Waals surface area contributed by atoms with Crippen molar-refractivity contribution in [2.45, 2.75) is 36.2 Å². The summed E-state index contributed by atoms with van der Waals surface area (Å²) in [7, 11) is 0. The highest BCUT2D eigenvalue weighted by molar-refractivity contribution is 7.99. The maximum atomic E-state index is 13.6. The zero-order chi connectivity index (χ0) is 14.7. The normalized spacial score (nSPS) is 12.4. The maximum Gasteiger partial charge on any atom is 0.140 e. The van der Waals surface area contributed by atoms with E-state index in [4.69, 9.17) is 5.73 Å². The fourth-order valence-electron chi connectivity index (χ4n) is 1.87. The van der Waals surface area contributed by atoms with Crippen LogP contribution >= 0.6 is 11.8 Å². The number of nitrogens with two attached hydrogens (primary N) is 1. The lowest BCUT2D eigenvalue weighted by atomic mass is 10.1. The Bertz CT molecular complexity index is 615. The summed E-state index contributed by atoms with van der Waals surface area (Å²) in [6.07, 6.45) is 2.50. The summed E-state index contributed by atoms with van der Waals surface area (Å²) in [4.78, 5) is 4.70. The Morgan fingerprint density at radius 1 is 1.30 bits per heavy atom. The molecule has 0 fully saturated rings. The van der Waals surface area contributed by atoms with E-state index in [1.54, 1.807) is 6.20 Å². The van der Waals surface area contributed by atoms with Crippen molar-refractivity contribution in [2.24, 2.45) is 5.73 Å². The number of aryl methyl sites for hydroxylation is 1. The van der Waals surface area contributed by atoms with Gasteiger partial charge in [-0.15, -0.1) is 0 Å². The van der Waals surface area contributed by atoms with Gasteiger partial charge in [0.15, 0.2) is 0 Å². The van der Waals surface area contributed by atoms with Crippen LogP contribution in [0.25, 0.3) is 0 Å². The van der Waals surface area contributed by atoms with Crippen LogP contribution in [-0.4, -0.2) is 11.0 Å². The number of hydrogen-bond acceptors (Lipinski definition) is 3. The van der Waals surface area contributed by atoms with Gasteiger partial charge in [0.05, 0.1) is 0 Å². The van der Waals surface area contributed by atoms with Crippen LogP contribution in [0.4, 0.5) is 8.78 Å². The number of rotatable bonds is 4. The van der Waals surface area contributed by atoms with Gasteiger partial charge in [0, 0.05) is 23.2 Å². The number of benzene rings is 1. The Hall–Kier alpha value is -1.46. The Kier molecular flexibility index (Phi) is 4.73. The Morgan fingerprint density at radius 2 is 2.05 bits per heavy atom. The number of nitrogens with zero attached hydrogens (tertiary/aromatic N) is 1. The summed E-state index contributed by atoms with van der Waals surface area (Å²) in [5.74, 6) is -1.15. The number of hydrogen-bond donors (Lipinski definition) is 1. The molecule has 0 amide bonds. The van der Waals surface area contributed by atoms with Crippen LogP contribution in [0.3, 0.4) is 0 Å². The summed E-state index contributed by atoms with van der Waals surface area (Å²) in [6.45, 7) is 3.85. The Labute approximate surface area is 121 Å². The van der Waals surface area contributed by atoms with Gasteiger partial charge in [-0.25, -0.2) is 13.8 Å². The predicted octanol–water partition coefficient (Wildman–Crippen LogP) is 3.71.